The van der Waals surface area contributed by atoms with Crippen LogP contribution in [0.4, 0.5) is 0 Å². The summed E-state index contributed by atoms with van der Waals surface area (Å²) in [5.41, 5.74) is 0. The first-order valence-electron chi connectivity index (χ1n) is 30.1. The number of quaternary nitrogens is 1. The van der Waals surface area contributed by atoms with Gasteiger partial charge in [0.25, 0.3) is 6.29 Å². The number of rotatable bonds is 55. The molecule has 9 nitrogen and oxygen atoms in total. The topological polar surface area (TPSA) is 108 Å². The van der Waals surface area contributed by atoms with Crippen molar-refractivity contribution < 1.29 is 42.9 Å². The lowest BCUT2D eigenvalue weighted by molar-refractivity contribution is -0.870. The largest absolute Gasteiger partial charge is 0.477 e. The predicted molar refractivity (Wildman–Crippen MR) is 309 cm³/mol. The quantitative estimate of drug-likeness (QED) is 0.0211. The summed E-state index contributed by atoms with van der Waals surface area (Å²) < 4.78 is 22.9. The van der Waals surface area contributed by atoms with Gasteiger partial charge in [-0.1, -0.05) is 234 Å². The number of allylic oxidation sites excluding steroid dienone is 12. The van der Waals surface area contributed by atoms with E-state index in [0.717, 1.165) is 89.9 Å². The van der Waals surface area contributed by atoms with E-state index in [1.807, 2.05) is 21.1 Å². The molecule has 0 aromatic rings. The van der Waals surface area contributed by atoms with Gasteiger partial charge < -0.3 is 28.5 Å². The number of hydrogen-bond donors (Lipinski definition) is 1. The Bertz CT molecular complexity index is 1420. The first-order chi connectivity index (χ1) is 35.6. The molecule has 422 valence electrons. The number of esters is 2. The molecular formula is C64H114NO8+. The van der Waals surface area contributed by atoms with Crippen molar-refractivity contribution >= 4 is 17.9 Å². The minimum absolute atomic E-state index is 0.185. The summed E-state index contributed by atoms with van der Waals surface area (Å²) in [4.78, 5) is 37.4. The standard InChI is InChI=1S/C64H113NO8/c1-6-8-10-12-14-16-18-20-22-23-24-25-26-27-28-29-30-31-32-33-34-35-36-37-38-39-41-43-45-47-49-51-53-55-62(67)73-60(59-72-64(63(68)69)70-57-56-65(3,4)5)58-71-61(66)54-52-50-48-46-44-42-40-21-19-17-15-13-11-9-7-2/h8,10,14-17,20-22,24-25,40,60,64H,6-7,9,11-13,18-19,23,26-39,41-59H2,1-5H3/p+1/b10-8-,16-14-,17-15-,22-20-,25-24-,40-21-. The highest BCUT2D eigenvalue weighted by atomic mass is 16.7. The zero-order valence-electron chi connectivity index (χ0n) is 48.0. The molecule has 0 fully saturated rings. The number of carboxylic acids is 1. The third-order valence-electron chi connectivity index (χ3n) is 12.9. The highest BCUT2D eigenvalue weighted by Gasteiger charge is 2.25. The van der Waals surface area contributed by atoms with Gasteiger partial charge in [0, 0.05) is 12.8 Å². The van der Waals surface area contributed by atoms with Crippen molar-refractivity contribution in [2.75, 3.05) is 47.5 Å². The number of ether oxygens (including phenoxy) is 4. The Kier molecular flexibility index (Phi) is 52.5. The number of carboxylic acid groups (broad SMARTS) is 1. The third kappa shape index (κ3) is 56.3. The minimum atomic E-state index is -1.51. The van der Waals surface area contributed by atoms with Gasteiger partial charge in [-0.05, 0) is 83.5 Å². The molecule has 0 radical (unpaired) electrons. The van der Waals surface area contributed by atoms with E-state index in [9.17, 15) is 19.5 Å². The van der Waals surface area contributed by atoms with Gasteiger partial charge in [-0.2, -0.15) is 0 Å². The van der Waals surface area contributed by atoms with Crippen molar-refractivity contribution in [1.82, 2.24) is 0 Å². The molecule has 0 saturated carbocycles. The van der Waals surface area contributed by atoms with Crippen LogP contribution in [0.5, 0.6) is 0 Å². The van der Waals surface area contributed by atoms with Gasteiger partial charge in [0.1, 0.15) is 13.2 Å². The van der Waals surface area contributed by atoms with E-state index in [2.05, 4.69) is 86.8 Å². The van der Waals surface area contributed by atoms with Crippen LogP contribution in [-0.2, 0) is 33.3 Å². The van der Waals surface area contributed by atoms with Crippen LogP contribution in [0.1, 0.15) is 258 Å². The zero-order chi connectivity index (χ0) is 53.4. The second kappa shape index (κ2) is 55.0. The number of unbranched alkanes of at least 4 members (excludes halogenated alkanes) is 28. The van der Waals surface area contributed by atoms with Crippen molar-refractivity contribution in [3.8, 4) is 0 Å². The van der Waals surface area contributed by atoms with Crippen molar-refractivity contribution in [2.45, 2.75) is 270 Å². The third-order valence-corrected chi connectivity index (χ3v) is 12.9. The van der Waals surface area contributed by atoms with E-state index in [1.54, 1.807) is 0 Å². The Hall–Kier alpha value is -3.27. The maximum Gasteiger partial charge on any atom is 0.361 e. The van der Waals surface area contributed by atoms with E-state index in [4.69, 9.17) is 18.9 Å². The summed E-state index contributed by atoms with van der Waals surface area (Å²) in [5.74, 6) is -2.02. The van der Waals surface area contributed by atoms with E-state index < -0.39 is 24.3 Å². The molecule has 0 aliphatic rings. The van der Waals surface area contributed by atoms with Gasteiger partial charge in [-0.15, -0.1) is 0 Å². The summed E-state index contributed by atoms with van der Waals surface area (Å²) in [7, 11) is 5.96. The fourth-order valence-electron chi connectivity index (χ4n) is 8.33. The fourth-order valence-corrected chi connectivity index (χ4v) is 8.33. The molecule has 2 unspecified atom stereocenters. The molecule has 0 aliphatic carbocycles. The van der Waals surface area contributed by atoms with Crippen molar-refractivity contribution in [2.24, 2.45) is 0 Å². The predicted octanol–water partition coefficient (Wildman–Crippen LogP) is 17.8. The molecule has 0 aliphatic heterocycles. The number of likely N-dealkylation sites (N-methyl/N-ethyl adjacent to an activating group) is 1. The lowest BCUT2D eigenvalue weighted by Crippen LogP contribution is -2.40. The first kappa shape index (κ1) is 69.7. The second-order valence-corrected chi connectivity index (χ2v) is 21.3. The van der Waals surface area contributed by atoms with Crippen LogP contribution in [0.25, 0.3) is 0 Å². The summed E-state index contributed by atoms with van der Waals surface area (Å²) >= 11 is 0. The zero-order valence-corrected chi connectivity index (χ0v) is 48.0. The molecular weight excluding hydrogens is 911 g/mol. The molecule has 0 aromatic carbocycles. The monoisotopic (exact) mass is 1020 g/mol. The van der Waals surface area contributed by atoms with Crippen LogP contribution < -0.4 is 0 Å². The van der Waals surface area contributed by atoms with Crippen molar-refractivity contribution in [3.05, 3.63) is 72.9 Å². The molecule has 0 heterocycles. The second-order valence-electron chi connectivity index (χ2n) is 21.3. The number of carbonyl (C=O) groups excluding carboxylic acids is 2. The maximum atomic E-state index is 12.9. The van der Waals surface area contributed by atoms with Gasteiger partial charge in [0.15, 0.2) is 6.10 Å². The minimum Gasteiger partial charge on any atom is -0.477 e. The molecule has 9 heteroatoms. The van der Waals surface area contributed by atoms with Gasteiger partial charge in [0.2, 0.25) is 0 Å². The number of aliphatic carboxylic acids is 1. The van der Waals surface area contributed by atoms with Crippen LogP contribution in [-0.4, -0.2) is 87.4 Å². The SMILES string of the molecule is CC/C=C\C/C=C\C/C=C\C/C=C\CCCCCCCCCCCCCCCCCCCCCCC(=O)OC(COC(=O)CCCCCCC/C=C\C/C=C\CCCCC)COC(OCC[N+](C)(C)C)C(=O)O. The average molecular weight is 1030 g/mol. The van der Waals surface area contributed by atoms with Gasteiger partial charge in [-0.25, -0.2) is 4.79 Å². The van der Waals surface area contributed by atoms with Gasteiger partial charge in [0.05, 0.1) is 34.4 Å². The maximum absolute atomic E-state index is 12.9. The molecule has 0 aromatic heterocycles. The van der Waals surface area contributed by atoms with E-state index in [-0.39, 0.29) is 38.6 Å². The van der Waals surface area contributed by atoms with Crippen LogP contribution in [0, 0.1) is 0 Å². The normalized spacial score (nSPS) is 13.3. The first-order valence-corrected chi connectivity index (χ1v) is 30.1. The Morgan fingerprint density at radius 1 is 0.425 bits per heavy atom. The van der Waals surface area contributed by atoms with Crippen LogP contribution in [0.2, 0.25) is 0 Å². The Labute approximate surface area is 449 Å². The van der Waals surface area contributed by atoms with Crippen LogP contribution in [0.3, 0.4) is 0 Å². The van der Waals surface area contributed by atoms with E-state index >= 15 is 0 Å². The van der Waals surface area contributed by atoms with Crippen molar-refractivity contribution in [1.29, 1.82) is 0 Å². The van der Waals surface area contributed by atoms with Crippen molar-refractivity contribution in [3.63, 3.8) is 0 Å². The molecule has 0 amide bonds. The number of carbonyl (C=O) groups is 3. The molecule has 2 atom stereocenters. The van der Waals surface area contributed by atoms with Gasteiger partial charge in [-0.3, -0.25) is 9.59 Å². The molecule has 0 rings (SSSR count). The Morgan fingerprint density at radius 2 is 0.781 bits per heavy atom. The molecule has 0 spiro atoms. The lowest BCUT2D eigenvalue weighted by Gasteiger charge is -2.25. The van der Waals surface area contributed by atoms with Crippen LogP contribution >= 0.6 is 0 Å². The smallest absolute Gasteiger partial charge is 0.361 e. The highest BCUT2D eigenvalue weighted by Crippen LogP contribution is 2.17. The molecule has 73 heavy (non-hydrogen) atoms. The Balaban J connectivity index is 4.10. The van der Waals surface area contributed by atoms with Gasteiger partial charge >= 0.3 is 17.9 Å². The fraction of sp³-hybridized carbons (Fsp3) is 0.766. The van der Waals surface area contributed by atoms with E-state index in [0.29, 0.717) is 11.0 Å². The summed E-state index contributed by atoms with van der Waals surface area (Å²) in [5, 5.41) is 9.70. The summed E-state index contributed by atoms with van der Waals surface area (Å²) in [6.07, 6.45) is 68.5. The average Bonchev–Trinajstić information content (AvgIpc) is 3.36. The van der Waals surface area contributed by atoms with E-state index in [1.165, 1.54) is 141 Å². The molecule has 1 N–H and O–H groups in total. The number of hydrogen-bond acceptors (Lipinski definition) is 7. The van der Waals surface area contributed by atoms with Crippen LogP contribution in [0.15, 0.2) is 72.9 Å². The number of nitrogens with zero attached hydrogens (tertiary/aromatic N) is 1. The molecule has 0 bridgehead atoms. The Morgan fingerprint density at radius 3 is 1.16 bits per heavy atom. The molecule has 0 saturated heterocycles. The highest BCUT2D eigenvalue weighted by molar-refractivity contribution is 5.71. The summed E-state index contributed by atoms with van der Waals surface area (Å²) in [6.45, 7) is 4.74. The lowest BCUT2D eigenvalue weighted by atomic mass is 10.0. The summed E-state index contributed by atoms with van der Waals surface area (Å²) in [6, 6.07) is 0.